The van der Waals surface area contributed by atoms with E-state index in [1.54, 1.807) is 0 Å². The van der Waals surface area contributed by atoms with Crippen LogP contribution in [0.25, 0.3) is 0 Å². The number of nitrogens with one attached hydrogen (secondary N) is 1. The molecule has 102 valence electrons. The third-order valence-electron chi connectivity index (χ3n) is 4.04. The molecule has 0 aromatic carbocycles. The quantitative estimate of drug-likeness (QED) is 0.863. The molecule has 0 saturated heterocycles. The molecule has 1 saturated carbocycles. The molecule has 1 aliphatic rings. The number of aryl methyl sites for hydroxylation is 2. The maximum atomic E-state index is 6.15. The molecule has 18 heavy (non-hydrogen) atoms. The molecule has 1 aliphatic carbocycles. The molecule has 0 spiro atoms. The summed E-state index contributed by atoms with van der Waals surface area (Å²) >= 11 is 0. The van der Waals surface area contributed by atoms with E-state index in [4.69, 9.17) is 5.73 Å². The number of nitrogens with zero attached hydrogens (tertiary/aromatic N) is 2. The highest BCUT2D eigenvalue weighted by Gasteiger charge is 2.23. The smallest absolute Gasteiger partial charge is 0.148 e. The van der Waals surface area contributed by atoms with Gasteiger partial charge in [0.25, 0.3) is 0 Å². The summed E-state index contributed by atoms with van der Waals surface area (Å²) in [5, 5.41) is 8.17. The number of aromatic nitrogens is 2. The highest BCUT2D eigenvalue weighted by Crippen LogP contribution is 2.30. The molecule has 0 aliphatic heterocycles. The fourth-order valence-corrected chi connectivity index (χ4v) is 2.83. The Bertz CT molecular complexity index is 397. The van der Waals surface area contributed by atoms with E-state index in [-0.39, 0.29) is 0 Å². The first kappa shape index (κ1) is 13.2. The van der Waals surface area contributed by atoms with Crippen LogP contribution in [0.15, 0.2) is 0 Å². The van der Waals surface area contributed by atoms with Crippen molar-refractivity contribution in [2.24, 2.45) is 5.92 Å². The fourth-order valence-electron chi connectivity index (χ4n) is 2.83. The first-order valence-corrected chi connectivity index (χ1v) is 7.23. The van der Waals surface area contributed by atoms with Gasteiger partial charge in [0.15, 0.2) is 0 Å². The molecule has 3 N–H and O–H groups in total. The van der Waals surface area contributed by atoms with Gasteiger partial charge in [0.05, 0.1) is 11.4 Å². The molecule has 1 heterocycles. The lowest BCUT2D eigenvalue weighted by Gasteiger charge is -2.30. The fraction of sp³-hybridized carbons (Fsp3) is 0.786. The zero-order valence-electron chi connectivity index (χ0n) is 11.9. The van der Waals surface area contributed by atoms with Crippen molar-refractivity contribution in [2.45, 2.75) is 65.5 Å². The summed E-state index contributed by atoms with van der Waals surface area (Å²) in [6.45, 7) is 7.42. The maximum Gasteiger partial charge on any atom is 0.148 e. The topological polar surface area (TPSA) is 55.9 Å². The summed E-state index contributed by atoms with van der Waals surface area (Å²) in [6.07, 6.45) is 6.33. The van der Waals surface area contributed by atoms with Gasteiger partial charge in [-0.2, -0.15) is 5.10 Å². The Morgan fingerprint density at radius 2 is 2.11 bits per heavy atom. The summed E-state index contributed by atoms with van der Waals surface area (Å²) in [4.78, 5) is 0. The predicted octanol–water partition coefficient (Wildman–Crippen LogP) is 3.17. The minimum atomic E-state index is 0.549. The standard InChI is InChI=1S/C14H26N4/c1-4-9-18-14(13(15)11(3)17-18)16-12-8-6-5-7-10(12)2/h10,12,16H,4-9,15H2,1-3H3. The van der Waals surface area contributed by atoms with Gasteiger partial charge in [0.2, 0.25) is 0 Å². The molecule has 1 aromatic heterocycles. The average Bonchev–Trinajstić information content (AvgIpc) is 2.60. The van der Waals surface area contributed by atoms with Gasteiger partial charge in [0, 0.05) is 12.6 Å². The number of hydrogen-bond acceptors (Lipinski definition) is 3. The van der Waals surface area contributed by atoms with Crippen molar-refractivity contribution < 1.29 is 0 Å². The summed E-state index contributed by atoms with van der Waals surface area (Å²) < 4.78 is 2.03. The Kier molecular flexibility index (Phi) is 4.15. The molecule has 2 rings (SSSR count). The van der Waals surface area contributed by atoms with E-state index in [2.05, 4.69) is 24.3 Å². The predicted molar refractivity (Wildman–Crippen MR) is 76.7 cm³/mol. The van der Waals surface area contributed by atoms with Crippen molar-refractivity contribution in [3.63, 3.8) is 0 Å². The first-order chi connectivity index (χ1) is 8.63. The number of nitrogens with two attached hydrogens (primary N) is 1. The highest BCUT2D eigenvalue weighted by atomic mass is 15.3. The number of nitrogen functional groups attached to an aromatic ring is 1. The Labute approximate surface area is 110 Å². The van der Waals surface area contributed by atoms with Gasteiger partial charge in [-0.1, -0.05) is 26.7 Å². The van der Waals surface area contributed by atoms with Crippen molar-refractivity contribution in [2.75, 3.05) is 11.1 Å². The van der Waals surface area contributed by atoms with E-state index < -0.39 is 0 Å². The zero-order valence-corrected chi connectivity index (χ0v) is 11.9. The Morgan fingerprint density at radius 3 is 2.78 bits per heavy atom. The Balaban J connectivity index is 2.16. The third kappa shape index (κ3) is 2.62. The normalized spacial score (nSPS) is 24.2. The molecule has 4 heteroatoms. The van der Waals surface area contributed by atoms with Crippen molar-refractivity contribution in [3.8, 4) is 0 Å². The average molecular weight is 250 g/mol. The molecule has 2 unspecified atom stereocenters. The van der Waals surface area contributed by atoms with Gasteiger partial charge in [0.1, 0.15) is 5.82 Å². The summed E-state index contributed by atoms with van der Waals surface area (Å²) in [5.41, 5.74) is 7.91. The van der Waals surface area contributed by atoms with E-state index in [0.717, 1.165) is 36.1 Å². The van der Waals surface area contributed by atoms with E-state index >= 15 is 0 Å². The van der Waals surface area contributed by atoms with Crippen LogP contribution in [0.5, 0.6) is 0 Å². The lowest BCUT2D eigenvalue weighted by Crippen LogP contribution is -2.31. The summed E-state index contributed by atoms with van der Waals surface area (Å²) in [7, 11) is 0. The number of hydrogen-bond donors (Lipinski definition) is 2. The summed E-state index contributed by atoms with van der Waals surface area (Å²) in [5.74, 6) is 1.76. The molecule has 4 nitrogen and oxygen atoms in total. The lowest BCUT2D eigenvalue weighted by molar-refractivity contribution is 0.347. The van der Waals surface area contributed by atoms with Crippen LogP contribution in [0, 0.1) is 12.8 Å². The number of rotatable bonds is 4. The van der Waals surface area contributed by atoms with Crippen molar-refractivity contribution >= 4 is 11.5 Å². The first-order valence-electron chi connectivity index (χ1n) is 7.23. The molecular weight excluding hydrogens is 224 g/mol. The van der Waals surface area contributed by atoms with Gasteiger partial charge in [-0.15, -0.1) is 0 Å². The molecule has 1 aromatic rings. The van der Waals surface area contributed by atoms with Gasteiger partial charge in [-0.05, 0) is 32.1 Å². The Hall–Kier alpha value is -1.19. The van der Waals surface area contributed by atoms with Crippen LogP contribution in [0.2, 0.25) is 0 Å². The van der Waals surface area contributed by atoms with Gasteiger partial charge >= 0.3 is 0 Å². The van der Waals surface area contributed by atoms with Crippen LogP contribution >= 0.6 is 0 Å². The van der Waals surface area contributed by atoms with Crippen LogP contribution < -0.4 is 11.1 Å². The molecule has 0 amide bonds. The van der Waals surface area contributed by atoms with E-state index in [1.165, 1.54) is 25.7 Å². The molecule has 0 bridgehead atoms. The van der Waals surface area contributed by atoms with Crippen LogP contribution in [0.4, 0.5) is 11.5 Å². The van der Waals surface area contributed by atoms with Gasteiger partial charge in [-0.25, -0.2) is 4.68 Å². The second-order valence-electron chi connectivity index (χ2n) is 5.58. The minimum absolute atomic E-state index is 0.549. The van der Waals surface area contributed by atoms with Gasteiger partial charge in [-0.3, -0.25) is 0 Å². The number of anilines is 2. The van der Waals surface area contributed by atoms with E-state index in [9.17, 15) is 0 Å². The van der Waals surface area contributed by atoms with Gasteiger partial charge < -0.3 is 11.1 Å². The molecule has 1 fully saturated rings. The SMILES string of the molecule is CCCn1nc(C)c(N)c1NC1CCCCC1C. The second kappa shape index (κ2) is 5.63. The Morgan fingerprint density at radius 1 is 1.39 bits per heavy atom. The van der Waals surface area contributed by atoms with Crippen molar-refractivity contribution in [3.05, 3.63) is 5.69 Å². The van der Waals surface area contributed by atoms with Crippen LogP contribution in [0.3, 0.4) is 0 Å². The second-order valence-corrected chi connectivity index (χ2v) is 5.58. The highest BCUT2D eigenvalue weighted by molar-refractivity contribution is 5.65. The van der Waals surface area contributed by atoms with Crippen molar-refractivity contribution in [1.29, 1.82) is 0 Å². The molecular formula is C14H26N4. The third-order valence-corrected chi connectivity index (χ3v) is 4.04. The summed E-state index contributed by atoms with van der Waals surface area (Å²) in [6, 6.07) is 0.549. The van der Waals surface area contributed by atoms with E-state index in [1.807, 2.05) is 11.6 Å². The monoisotopic (exact) mass is 250 g/mol. The van der Waals surface area contributed by atoms with E-state index in [0.29, 0.717) is 6.04 Å². The lowest BCUT2D eigenvalue weighted by atomic mass is 9.86. The maximum absolute atomic E-state index is 6.15. The van der Waals surface area contributed by atoms with Crippen LogP contribution in [0.1, 0.15) is 51.6 Å². The van der Waals surface area contributed by atoms with Crippen LogP contribution in [-0.2, 0) is 6.54 Å². The van der Waals surface area contributed by atoms with Crippen LogP contribution in [-0.4, -0.2) is 15.8 Å². The minimum Gasteiger partial charge on any atom is -0.394 e. The molecule has 0 radical (unpaired) electrons. The largest absolute Gasteiger partial charge is 0.394 e. The zero-order chi connectivity index (χ0) is 13.1. The molecule has 2 atom stereocenters. The van der Waals surface area contributed by atoms with Crippen molar-refractivity contribution in [1.82, 2.24) is 9.78 Å².